The number of aliphatic carboxylic acids is 1. The Hall–Kier alpha value is -3.18. The van der Waals surface area contributed by atoms with Crippen molar-refractivity contribution >= 4 is 11.9 Å². The van der Waals surface area contributed by atoms with Crippen LogP contribution in [-0.4, -0.2) is 166 Å². The van der Waals surface area contributed by atoms with Crippen molar-refractivity contribution in [2.24, 2.45) is 23.5 Å². The number of ether oxygens (including phenoxy) is 4. The van der Waals surface area contributed by atoms with Gasteiger partial charge in [0.2, 0.25) is 0 Å². The van der Waals surface area contributed by atoms with Gasteiger partial charge in [-0.05, 0) is 52.4 Å². The van der Waals surface area contributed by atoms with E-state index >= 15 is 0 Å². The maximum atomic E-state index is 12.6. The number of fused-ring (bicyclic) bond motifs is 2. The Morgan fingerprint density at radius 3 is 1.94 bits per heavy atom. The first-order valence-corrected chi connectivity index (χ1v) is 22.6. The van der Waals surface area contributed by atoms with Gasteiger partial charge in [0.1, 0.15) is 18.1 Å². The molecule has 13 N–H and O–H groups in total. The van der Waals surface area contributed by atoms with Crippen molar-refractivity contribution in [3.63, 3.8) is 0 Å². The number of carboxylic acids is 1. The quantitative estimate of drug-likeness (QED) is 0.175. The van der Waals surface area contributed by atoms with E-state index in [0.29, 0.717) is 0 Å². The van der Waals surface area contributed by atoms with E-state index in [1.54, 1.807) is 38.2 Å². The third-order valence-corrected chi connectivity index (χ3v) is 12.2. The van der Waals surface area contributed by atoms with Crippen LogP contribution in [0.25, 0.3) is 0 Å². The van der Waals surface area contributed by atoms with Crippen LogP contribution in [0, 0.1) is 17.8 Å². The van der Waals surface area contributed by atoms with E-state index in [1.165, 1.54) is 13.0 Å². The van der Waals surface area contributed by atoms with Crippen LogP contribution in [0.3, 0.4) is 0 Å². The average molecular weight is 926 g/mol. The highest BCUT2D eigenvalue weighted by Gasteiger charge is 2.51. The van der Waals surface area contributed by atoms with Gasteiger partial charge in [-0.2, -0.15) is 0 Å². The van der Waals surface area contributed by atoms with Crippen LogP contribution in [0.15, 0.2) is 72.9 Å². The molecule has 3 heterocycles. The summed E-state index contributed by atoms with van der Waals surface area (Å²) in [5.74, 6) is -6.82. The largest absolute Gasteiger partial charge is 0.481 e. The molecular weight excluding hydrogens is 851 g/mol. The van der Waals surface area contributed by atoms with Crippen LogP contribution in [0.2, 0.25) is 0 Å². The predicted molar refractivity (Wildman–Crippen MR) is 237 cm³/mol. The second-order valence-corrected chi connectivity index (χ2v) is 17.8. The molecule has 2 saturated heterocycles. The molecule has 0 aliphatic carbocycles. The van der Waals surface area contributed by atoms with Crippen LogP contribution in [0.5, 0.6) is 0 Å². The second kappa shape index (κ2) is 27.6. The van der Waals surface area contributed by atoms with Crippen molar-refractivity contribution in [3.8, 4) is 0 Å². The Balaban J connectivity index is 1.84. The zero-order valence-electron chi connectivity index (χ0n) is 37.8. The summed E-state index contributed by atoms with van der Waals surface area (Å²) in [5.41, 5.74) is 6.02. The Morgan fingerprint density at radius 1 is 0.692 bits per heavy atom. The molecule has 2 bridgehead atoms. The van der Waals surface area contributed by atoms with Crippen molar-refractivity contribution in [1.29, 1.82) is 0 Å². The molecule has 0 amide bonds. The van der Waals surface area contributed by atoms with E-state index in [2.05, 4.69) is 0 Å². The number of carboxylic acid groups (broad SMARTS) is 1. The molecule has 0 radical (unpaired) electrons. The molecule has 65 heavy (non-hydrogen) atoms. The Kier molecular flexibility index (Phi) is 23.8. The zero-order chi connectivity index (χ0) is 48.4. The summed E-state index contributed by atoms with van der Waals surface area (Å²) >= 11 is 0. The standard InChI is InChI=1S/C47H75NO17/c1-27-17-15-13-11-9-7-5-6-8-10-12-14-16-18-34(64-46-44(58)41(48)43(57)30(4)63-46)24-38-40(45(59)60)37(54)26-47(61,65-38)25-36(53)35(52)20-19-31(49)21-32(50)22-33(51)23-39(55)62-29(3)28(2)42(27)56/h5-6,8,10-18,27-38,40-44,46,49-54,56-58,61H,7,9,19-26,48H2,1-4H3,(H,59,60)/b6-5-,10-8-,13-11-,14-12-,17-15-,18-16+/t27?,28?,29?,30?,31?,32?,33?,34?,35?,36?,37?,38?,40?,41?,42?,43?,44?,46?,47-/m1/s1. The molecule has 0 aromatic heterocycles. The third-order valence-electron chi connectivity index (χ3n) is 12.2. The minimum Gasteiger partial charge on any atom is -0.481 e. The number of esters is 1. The minimum atomic E-state index is -2.35. The highest BCUT2D eigenvalue weighted by molar-refractivity contribution is 5.71. The molecule has 18 heteroatoms. The summed E-state index contributed by atoms with van der Waals surface area (Å²) < 4.78 is 23.2. The number of carbonyl (C=O) groups is 2. The number of cyclic esters (lactones) is 1. The number of carbonyl (C=O) groups excluding carboxylic acids is 1. The lowest BCUT2D eigenvalue weighted by Gasteiger charge is -2.45. The number of allylic oxidation sites excluding steroid dienone is 10. The van der Waals surface area contributed by atoms with Gasteiger partial charge in [0.05, 0.1) is 79.6 Å². The van der Waals surface area contributed by atoms with Gasteiger partial charge < -0.3 is 80.9 Å². The van der Waals surface area contributed by atoms with Crippen LogP contribution < -0.4 is 5.73 Å². The van der Waals surface area contributed by atoms with E-state index in [4.69, 9.17) is 24.7 Å². The fourth-order valence-electron chi connectivity index (χ4n) is 8.11. The molecule has 0 spiro atoms. The lowest BCUT2D eigenvalue weighted by molar-refractivity contribution is -0.310. The van der Waals surface area contributed by atoms with Gasteiger partial charge >= 0.3 is 11.9 Å². The van der Waals surface area contributed by atoms with Crippen molar-refractivity contribution in [1.82, 2.24) is 0 Å². The van der Waals surface area contributed by atoms with Crippen molar-refractivity contribution in [2.75, 3.05) is 0 Å². The summed E-state index contributed by atoms with van der Waals surface area (Å²) in [6, 6.07) is -1.14. The molecule has 3 rings (SSSR count). The Morgan fingerprint density at radius 2 is 1.28 bits per heavy atom. The smallest absolute Gasteiger partial charge is 0.311 e. The fourth-order valence-corrected chi connectivity index (χ4v) is 8.11. The summed E-state index contributed by atoms with van der Waals surface area (Å²) in [6.45, 7) is 6.78. The molecule has 19 atom stereocenters. The Labute approximate surface area is 381 Å². The van der Waals surface area contributed by atoms with Crippen LogP contribution >= 0.6 is 0 Å². The minimum absolute atomic E-state index is 0.138. The molecular formula is C47H75NO17. The number of hydrogen-bond acceptors (Lipinski definition) is 17. The van der Waals surface area contributed by atoms with Crippen molar-refractivity contribution in [3.05, 3.63) is 72.9 Å². The van der Waals surface area contributed by atoms with Gasteiger partial charge in [0.25, 0.3) is 0 Å². The summed E-state index contributed by atoms with van der Waals surface area (Å²) in [6.07, 6.45) is 2.28. The molecule has 18 nitrogen and oxygen atoms in total. The zero-order valence-corrected chi connectivity index (χ0v) is 37.8. The first-order chi connectivity index (χ1) is 30.6. The lowest BCUT2D eigenvalue weighted by Crippen LogP contribution is -2.61. The van der Waals surface area contributed by atoms with E-state index in [-0.39, 0.29) is 38.0 Å². The third kappa shape index (κ3) is 18.8. The second-order valence-electron chi connectivity index (χ2n) is 17.8. The summed E-state index contributed by atoms with van der Waals surface area (Å²) in [5, 5.41) is 118. The molecule has 18 unspecified atom stereocenters. The summed E-state index contributed by atoms with van der Waals surface area (Å²) in [4.78, 5) is 25.1. The Bertz CT molecular complexity index is 1620. The topological polar surface area (TPSA) is 320 Å². The number of aliphatic hydroxyl groups excluding tert-OH is 9. The SMILES string of the molecule is CC1/C=C\C=C/CC\C=C/C=C\C=C/C=C/C(OC2OC(C)C(O)C(N)C2O)CC2O[C@](O)(CC(O)C(O)CCC(O)CC(O)CC(O)CC(=O)OC(C)C(C)C1O)CC(O)C2C(=O)O. The van der Waals surface area contributed by atoms with Gasteiger partial charge in [-0.1, -0.05) is 86.8 Å². The van der Waals surface area contributed by atoms with Gasteiger partial charge in [0, 0.05) is 31.1 Å². The molecule has 370 valence electrons. The fraction of sp³-hybridized carbons (Fsp3) is 0.702. The van der Waals surface area contributed by atoms with Gasteiger partial charge in [-0.15, -0.1) is 0 Å². The van der Waals surface area contributed by atoms with Gasteiger partial charge in [0.15, 0.2) is 12.1 Å². The maximum Gasteiger partial charge on any atom is 0.311 e. The van der Waals surface area contributed by atoms with Crippen molar-refractivity contribution < 1.29 is 84.7 Å². The lowest BCUT2D eigenvalue weighted by atomic mass is 9.82. The van der Waals surface area contributed by atoms with E-state index in [1.807, 2.05) is 49.5 Å². The van der Waals surface area contributed by atoms with Crippen LogP contribution in [-0.2, 0) is 28.5 Å². The average Bonchev–Trinajstić information content (AvgIpc) is 3.21. The highest BCUT2D eigenvalue weighted by Crippen LogP contribution is 2.38. The van der Waals surface area contributed by atoms with Gasteiger partial charge in [-0.25, -0.2) is 0 Å². The monoisotopic (exact) mass is 926 g/mol. The van der Waals surface area contributed by atoms with Crippen LogP contribution in [0.4, 0.5) is 0 Å². The number of nitrogens with two attached hydrogens (primary N) is 1. The first-order valence-electron chi connectivity index (χ1n) is 22.6. The maximum absolute atomic E-state index is 12.6. The molecule has 2 fully saturated rings. The van der Waals surface area contributed by atoms with E-state index in [9.17, 15) is 65.8 Å². The molecule has 0 aromatic rings. The molecule has 0 aromatic carbocycles. The molecule has 0 saturated carbocycles. The highest BCUT2D eigenvalue weighted by atomic mass is 16.7. The predicted octanol–water partition coefficient (Wildman–Crippen LogP) is 0.936. The first kappa shape index (κ1) is 56.1. The molecule has 3 aliphatic heterocycles. The van der Waals surface area contributed by atoms with E-state index in [0.717, 1.165) is 12.8 Å². The van der Waals surface area contributed by atoms with E-state index < -0.39 is 141 Å². The summed E-state index contributed by atoms with van der Waals surface area (Å²) in [7, 11) is 0. The number of aliphatic hydroxyl groups is 10. The number of rotatable bonds is 3. The number of hydrogen-bond donors (Lipinski definition) is 12. The molecule has 3 aliphatic rings. The van der Waals surface area contributed by atoms with Gasteiger partial charge in [-0.3, -0.25) is 9.59 Å². The normalized spacial score (nSPS) is 45.2. The van der Waals surface area contributed by atoms with Crippen molar-refractivity contribution in [2.45, 2.75) is 189 Å². The van der Waals surface area contributed by atoms with Crippen LogP contribution in [0.1, 0.15) is 91.9 Å².